The molecule has 0 spiro atoms. The van der Waals surface area contributed by atoms with Gasteiger partial charge in [-0.25, -0.2) is 4.98 Å². The highest BCUT2D eigenvalue weighted by Gasteiger charge is 2.39. The molecule has 0 radical (unpaired) electrons. The summed E-state index contributed by atoms with van der Waals surface area (Å²) in [6, 6.07) is 5.96. The number of ether oxygens (including phenoxy) is 2. The monoisotopic (exact) mass is 462 g/mol. The van der Waals surface area contributed by atoms with Crippen LogP contribution in [0.2, 0.25) is 0 Å². The third-order valence-electron chi connectivity index (χ3n) is 6.28. The number of hydrogen-bond acceptors (Lipinski definition) is 6. The number of alkyl halides is 3. The van der Waals surface area contributed by atoms with Crippen molar-refractivity contribution in [2.24, 2.45) is 0 Å². The topological polar surface area (TPSA) is 67.8 Å². The van der Waals surface area contributed by atoms with E-state index in [1.54, 1.807) is 24.5 Å². The van der Waals surface area contributed by atoms with Gasteiger partial charge < -0.3 is 14.4 Å². The Balaban J connectivity index is 1.20. The summed E-state index contributed by atoms with van der Waals surface area (Å²) in [7, 11) is 0. The molecule has 3 fully saturated rings. The molecule has 1 aliphatic carbocycles. The minimum absolute atomic E-state index is 0.0155. The number of nitrogens with zero attached hydrogens (tertiary/aromatic N) is 4. The predicted molar refractivity (Wildman–Crippen MR) is 112 cm³/mol. The van der Waals surface area contributed by atoms with E-state index in [-0.39, 0.29) is 23.8 Å². The molecule has 176 valence electrons. The summed E-state index contributed by atoms with van der Waals surface area (Å²) in [5, 5.41) is 0. The van der Waals surface area contributed by atoms with Crippen molar-refractivity contribution >= 4 is 5.91 Å². The Labute approximate surface area is 189 Å². The van der Waals surface area contributed by atoms with Gasteiger partial charge in [-0.15, -0.1) is 13.2 Å². The van der Waals surface area contributed by atoms with Gasteiger partial charge in [-0.05, 0) is 30.5 Å². The van der Waals surface area contributed by atoms with Gasteiger partial charge in [0.2, 0.25) is 11.8 Å². The molecule has 2 aromatic rings. The average molecular weight is 462 g/mol. The first-order valence-electron chi connectivity index (χ1n) is 11.2. The van der Waals surface area contributed by atoms with Crippen molar-refractivity contribution in [2.75, 3.05) is 19.6 Å². The second-order valence-corrected chi connectivity index (χ2v) is 8.91. The fourth-order valence-electron chi connectivity index (χ4n) is 4.61. The highest BCUT2D eigenvalue weighted by atomic mass is 19.4. The summed E-state index contributed by atoms with van der Waals surface area (Å²) >= 11 is 0. The number of hydrogen-bond donors (Lipinski definition) is 0. The van der Waals surface area contributed by atoms with Gasteiger partial charge in [-0.3, -0.25) is 14.7 Å². The zero-order valence-electron chi connectivity index (χ0n) is 18.0. The highest BCUT2D eigenvalue weighted by Crippen LogP contribution is 2.38. The van der Waals surface area contributed by atoms with E-state index in [9.17, 15) is 18.0 Å². The number of carbonyl (C=O) groups is 1. The molecule has 1 aromatic carbocycles. The Bertz CT molecular complexity index is 997. The van der Waals surface area contributed by atoms with Crippen LogP contribution in [0.4, 0.5) is 13.2 Å². The van der Waals surface area contributed by atoms with Crippen LogP contribution in [0, 0.1) is 0 Å². The van der Waals surface area contributed by atoms with Crippen LogP contribution in [0.1, 0.15) is 42.9 Å². The first-order chi connectivity index (χ1) is 15.8. The SMILES string of the molecule is O=C1CCN(Cc2cccc(OC(F)(F)F)c2)C[C@@H]2C[C@H](Oc3cnc(C4CC4)cn3)CN12. The Morgan fingerprint density at radius 1 is 1.12 bits per heavy atom. The molecule has 2 saturated heterocycles. The maximum absolute atomic E-state index is 12.7. The van der Waals surface area contributed by atoms with Crippen molar-refractivity contribution in [3.8, 4) is 11.6 Å². The first-order valence-corrected chi connectivity index (χ1v) is 11.2. The maximum Gasteiger partial charge on any atom is 0.573 e. The first kappa shape index (κ1) is 21.9. The number of aromatic nitrogens is 2. The normalized spacial score (nSPS) is 23.8. The average Bonchev–Trinajstić information content (AvgIpc) is 3.54. The largest absolute Gasteiger partial charge is 0.573 e. The zero-order valence-corrected chi connectivity index (χ0v) is 18.0. The van der Waals surface area contributed by atoms with Crippen molar-refractivity contribution in [3.63, 3.8) is 0 Å². The maximum atomic E-state index is 12.7. The van der Waals surface area contributed by atoms with E-state index in [2.05, 4.69) is 19.6 Å². The van der Waals surface area contributed by atoms with Crippen LogP contribution in [0.3, 0.4) is 0 Å². The van der Waals surface area contributed by atoms with Crippen LogP contribution in [0.25, 0.3) is 0 Å². The summed E-state index contributed by atoms with van der Waals surface area (Å²) in [6.07, 6.45) is 1.88. The minimum atomic E-state index is -4.73. The lowest BCUT2D eigenvalue weighted by Gasteiger charge is -2.25. The molecular weight excluding hydrogens is 437 g/mol. The van der Waals surface area contributed by atoms with E-state index in [4.69, 9.17) is 4.74 Å². The van der Waals surface area contributed by atoms with E-state index in [0.29, 0.717) is 56.4 Å². The molecule has 2 aliphatic heterocycles. The Hall–Kier alpha value is -2.88. The molecule has 3 aliphatic rings. The molecule has 1 saturated carbocycles. The smallest absolute Gasteiger partial charge is 0.471 e. The Morgan fingerprint density at radius 2 is 1.97 bits per heavy atom. The van der Waals surface area contributed by atoms with Gasteiger partial charge in [0.15, 0.2) is 0 Å². The molecule has 0 N–H and O–H groups in total. The van der Waals surface area contributed by atoms with E-state index >= 15 is 0 Å². The lowest BCUT2D eigenvalue weighted by molar-refractivity contribution is -0.274. The van der Waals surface area contributed by atoms with Crippen LogP contribution in [0.5, 0.6) is 11.6 Å². The van der Waals surface area contributed by atoms with Crippen LogP contribution >= 0.6 is 0 Å². The van der Waals surface area contributed by atoms with Crippen LogP contribution in [-0.2, 0) is 11.3 Å². The number of rotatable bonds is 6. The molecule has 33 heavy (non-hydrogen) atoms. The summed E-state index contributed by atoms with van der Waals surface area (Å²) in [4.78, 5) is 25.5. The third kappa shape index (κ3) is 5.55. The molecule has 7 nitrogen and oxygen atoms in total. The number of benzene rings is 1. The van der Waals surface area contributed by atoms with Gasteiger partial charge in [0, 0.05) is 44.4 Å². The standard InChI is InChI=1S/C23H25F3N4O3/c24-23(25,26)33-18-3-1-2-15(8-18)12-29-7-6-22(31)30-14-19(9-17(30)13-29)32-21-11-27-20(10-28-21)16-4-5-16/h1-3,8,10-11,16-17,19H,4-7,9,12-14H2/t17-,19-/m0/s1. The molecule has 5 rings (SSSR count). The lowest BCUT2D eigenvalue weighted by Crippen LogP contribution is -2.38. The number of halogens is 3. The van der Waals surface area contributed by atoms with Crippen LogP contribution in [-0.4, -0.2) is 63.8 Å². The van der Waals surface area contributed by atoms with Gasteiger partial charge in [-0.1, -0.05) is 12.1 Å². The summed E-state index contributed by atoms with van der Waals surface area (Å²) < 4.78 is 47.6. The van der Waals surface area contributed by atoms with Crippen LogP contribution in [0.15, 0.2) is 36.7 Å². The molecule has 0 unspecified atom stereocenters. The van der Waals surface area contributed by atoms with Gasteiger partial charge in [0.1, 0.15) is 11.9 Å². The Morgan fingerprint density at radius 3 is 2.70 bits per heavy atom. The van der Waals surface area contributed by atoms with Crippen LogP contribution < -0.4 is 9.47 Å². The number of fused-ring (bicyclic) bond motifs is 1. The molecule has 1 amide bonds. The second-order valence-electron chi connectivity index (χ2n) is 8.91. The highest BCUT2D eigenvalue weighted by molar-refractivity contribution is 5.77. The number of amides is 1. The third-order valence-corrected chi connectivity index (χ3v) is 6.28. The lowest BCUT2D eigenvalue weighted by atomic mass is 10.1. The molecule has 10 heteroatoms. The van der Waals surface area contributed by atoms with Crippen molar-refractivity contribution in [1.82, 2.24) is 19.8 Å². The molecule has 3 heterocycles. The van der Waals surface area contributed by atoms with Gasteiger partial charge in [0.05, 0.1) is 24.6 Å². The Kier molecular flexibility index (Phi) is 5.86. The fraction of sp³-hybridized carbons (Fsp3) is 0.522. The summed E-state index contributed by atoms with van der Waals surface area (Å²) in [5.41, 5.74) is 1.70. The van der Waals surface area contributed by atoms with E-state index in [1.807, 2.05) is 4.90 Å². The summed E-state index contributed by atoms with van der Waals surface area (Å²) in [5.74, 6) is 0.821. The molecule has 2 atom stereocenters. The zero-order chi connectivity index (χ0) is 23.0. The molecular formula is C23H25F3N4O3. The van der Waals surface area contributed by atoms with Crippen molar-refractivity contribution in [2.45, 2.75) is 56.7 Å². The van der Waals surface area contributed by atoms with E-state index in [0.717, 1.165) is 18.5 Å². The quantitative estimate of drug-likeness (QED) is 0.655. The predicted octanol–water partition coefficient (Wildman–Crippen LogP) is 3.51. The van der Waals surface area contributed by atoms with Gasteiger partial charge in [-0.2, -0.15) is 0 Å². The fourth-order valence-corrected chi connectivity index (χ4v) is 4.61. The van der Waals surface area contributed by atoms with Crippen molar-refractivity contribution < 1.29 is 27.4 Å². The van der Waals surface area contributed by atoms with E-state index < -0.39 is 6.36 Å². The second kappa shape index (κ2) is 8.81. The number of carbonyl (C=O) groups excluding carboxylic acids is 1. The van der Waals surface area contributed by atoms with Gasteiger partial charge in [0.25, 0.3) is 0 Å². The minimum Gasteiger partial charge on any atom is -0.471 e. The van der Waals surface area contributed by atoms with Gasteiger partial charge >= 0.3 is 6.36 Å². The summed E-state index contributed by atoms with van der Waals surface area (Å²) in [6.45, 7) is 2.11. The molecule has 1 aromatic heterocycles. The van der Waals surface area contributed by atoms with Crippen molar-refractivity contribution in [1.29, 1.82) is 0 Å². The van der Waals surface area contributed by atoms with E-state index in [1.165, 1.54) is 12.1 Å². The molecule has 0 bridgehead atoms. The van der Waals surface area contributed by atoms with Crippen molar-refractivity contribution in [3.05, 3.63) is 47.9 Å².